The molecule has 21 heavy (non-hydrogen) atoms. The van der Waals surface area contributed by atoms with Gasteiger partial charge in [0.15, 0.2) is 0 Å². The van der Waals surface area contributed by atoms with Crippen molar-refractivity contribution in [3.05, 3.63) is 42.4 Å². The topological polar surface area (TPSA) is 86.6 Å². The summed E-state index contributed by atoms with van der Waals surface area (Å²) in [5, 5.41) is 16.4. The first-order valence-corrected chi connectivity index (χ1v) is 6.27. The summed E-state index contributed by atoms with van der Waals surface area (Å²) in [6.07, 6.45) is 4.97. The molecule has 0 fully saturated rings. The van der Waals surface area contributed by atoms with Crippen molar-refractivity contribution in [1.82, 2.24) is 30.4 Å². The second kappa shape index (κ2) is 5.58. The lowest BCUT2D eigenvalue weighted by Gasteiger charge is -2.07. The summed E-state index contributed by atoms with van der Waals surface area (Å²) in [7, 11) is 1.61. The normalized spacial score (nSPS) is 10.4. The van der Waals surface area contributed by atoms with Crippen molar-refractivity contribution in [3.63, 3.8) is 0 Å². The van der Waals surface area contributed by atoms with Crippen LogP contribution in [0, 0.1) is 6.92 Å². The number of hydrogen-bond donors (Lipinski definition) is 0. The van der Waals surface area contributed by atoms with Crippen molar-refractivity contribution in [2.75, 3.05) is 7.11 Å². The van der Waals surface area contributed by atoms with E-state index < -0.39 is 0 Å². The van der Waals surface area contributed by atoms with Gasteiger partial charge in [-0.25, -0.2) is 0 Å². The Labute approximate surface area is 121 Å². The van der Waals surface area contributed by atoms with E-state index in [-0.39, 0.29) is 0 Å². The Hall–Kier alpha value is -2.96. The molecule has 0 N–H and O–H groups in total. The van der Waals surface area contributed by atoms with E-state index in [1.807, 2.05) is 6.92 Å². The summed E-state index contributed by atoms with van der Waals surface area (Å²) < 4.78 is 5.26. The molecule has 0 radical (unpaired) electrons. The Bertz CT molecular complexity index is 745. The highest BCUT2D eigenvalue weighted by Crippen LogP contribution is 2.24. The van der Waals surface area contributed by atoms with Crippen molar-refractivity contribution in [2.24, 2.45) is 0 Å². The lowest BCUT2D eigenvalue weighted by atomic mass is 10.2. The van der Waals surface area contributed by atoms with E-state index in [4.69, 9.17) is 4.74 Å². The van der Waals surface area contributed by atoms with Gasteiger partial charge in [0.2, 0.25) is 11.6 Å². The molecule has 3 heterocycles. The summed E-state index contributed by atoms with van der Waals surface area (Å²) >= 11 is 0. The van der Waals surface area contributed by atoms with Crippen molar-refractivity contribution in [2.45, 2.75) is 6.92 Å². The van der Waals surface area contributed by atoms with Crippen LogP contribution < -0.4 is 4.74 Å². The quantitative estimate of drug-likeness (QED) is 0.721. The summed E-state index contributed by atoms with van der Waals surface area (Å²) in [5.41, 5.74) is 2.27. The van der Waals surface area contributed by atoms with E-state index in [1.165, 1.54) is 0 Å². The molecule has 3 rings (SSSR count). The molecule has 3 aromatic heterocycles. The van der Waals surface area contributed by atoms with Gasteiger partial charge in [-0.05, 0) is 25.1 Å². The van der Waals surface area contributed by atoms with Gasteiger partial charge in [-0.3, -0.25) is 9.97 Å². The van der Waals surface area contributed by atoms with E-state index in [1.54, 1.807) is 43.9 Å². The van der Waals surface area contributed by atoms with Gasteiger partial charge in [0, 0.05) is 29.7 Å². The molecule has 7 nitrogen and oxygen atoms in total. The predicted octanol–water partition coefficient (Wildman–Crippen LogP) is 1.71. The zero-order valence-corrected chi connectivity index (χ0v) is 11.6. The molecule has 0 bridgehead atoms. The lowest BCUT2D eigenvalue weighted by Crippen LogP contribution is -2.02. The van der Waals surface area contributed by atoms with Crippen LogP contribution in [0.15, 0.2) is 36.8 Å². The third kappa shape index (κ3) is 2.53. The molecule has 0 amide bonds. The van der Waals surface area contributed by atoms with Crippen LogP contribution in [-0.4, -0.2) is 37.5 Å². The zero-order chi connectivity index (χ0) is 14.7. The van der Waals surface area contributed by atoms with Crippen molar-refractivity contribution >= 4 is 0 Å². The Balaban J connectivity index is 1.99. The van der Waals surface area contributed by atoms with E-state index in [2.05, 4.69) is 30.4 Å². The smallest absolute Gasteiger partial charge is 0.222 e. The predicted molar refractivity (Wildman–Crippen MR) is 75.4 cm³/mol. The van der Waals surface area contributed by atoms with Crippen LogP contribution in [0.25, 0.3) is 22.9 Å². The third-order valence-electron chi connectivity index (χ3n) is 3.00. The van der Waals surface area contributed by atoms with Crippen molar-refractivity contribution in [1.29, 1.82) is 0 Å². The van der Waals surface area contributed by atoms with E-state index >= 15 is 0 Å². The minimum Gasteiger partial charge on any atom is -0.496 e. The molecule has 0 saturated heterocycles. The Kier molecular flexibility index (Phi) is 3.46. The van der Waals surface area contributed by atoms with Crippen LogP contribution in [0.2, 0.25) is 0 Å². The molecular weight excluding hydrogens is 268 g/mol. The molecule has 0 atom stereocenters. The van der Waals surface area contributed by atoms with Crippen LogP contribution >= 0.6 is 0 Å². The molecule has 104 valence electrons. The number of aromatic nitrogens is 6. The number of pyridine rings is 2. The first-order chi connectivity index (χ1) is 10.3. The molecule has 7 heteroatoms. The van der Waals surface area contributed by atoms with Crippen LogP contribution in [0.1, 0.15) is 5.56 Å². The van der Waals surface area contributed by atoms with Gasteiger partial charge >= 0.3 is 0 Å². The molecular formula is C14H12N6O. The highest BCUT2D eigenvalue weighted by Gasteiger charge is 2.12. The molecule has 0 spiro atoms. The highest BCUT2D eigenvalue weighted by atomic mass is 16.5. The Morgan fingerprint density at radius 2 is 1.52 bits per heavy atom. The maximum absolute atomic E-state index is 5.26. The average Bonchev–Trinajstić information content (AvgIpc) is 2.56. The maximum Gasteiger partial charge on any atom is 0.222 e. The maximum atomic E-state index is 5.26. The third-order valence-corrected chi connectivity index (χ3v) is 3.00. The van der Waals surface area contributed by atoms with Crippen LogP contribution in [-0.2, 0) is 0 Å². The molecule has 0 unspecified atom stereocenters. The Morgan fingerprint density at radius 1 is 0.857 bits per heavy atom. The highest BCUT2D eigenvalue weighted by molar-refractivity contribution is 5.58. The fourth-order valence-corrected chi connectivity index (χ4v) is 1.91. The van der Waals surface area contributed by atoms with Gasteiger partial charge in [0.1, 0.15) is 11.4 Å². The number of rotatable bonds is 3. The summed E-state index contributed by atoms with van der Waals surface area (Å²) in [4.78, 5) is 8.21. The summed E-state index contributed by atoms with van der Waals surface area (Å²) in [6, 6.07) is 5.38. The molecule has 0 aliphatic rings. The molecule has 0 aliphatic carbocycles. The van der Waals surface area contributed by atoms with Gasteiger partial charge in [-0.2, -0.15) is 0 Å². The minimum atomic E-state index is 0.365. The lowest BCUT2D eigenvalue weighted by molar-refractivity contribution is 0.411. The monoisotopic (exact) mass is 280 g/mol. The molecule has 0 aliphatic heterocycles. The van der Waals surface area contributed by atoms with Crippen LogP contribution in [0.4, 0.5) is 0 Å². The van der Waals surface area contributed by atoms with Gasteiger partial charge < -0.3 is 4.74 Å². The second-order valence-corrected chi connectivity index (χ2v) is 4.27. The number of ether oxygens (including phenoxy) is 1. The average molecular weight is 280 g/mol. The summed E-state index contributed by atoms with van der Waals surface area (Å²) in [5.74, 6) is 1.53. The molecule has 0 saturated carbocycles. The van der Waals surface area contributed by atoms with Crippen LogP contribution in [0.3, 0.4) is 0 Å². The molecule has 0 aromatic carbocycles. The van der Waals surface area contributed by atoms with Gasteiger partial charge in [0.25, 0.3) is 0 Å². The minimum absolute atomic E-state index is 0.365. The van der Waals surface area contributed by atoms with E-state index in [0.717, 1.165) is 16.9 Å². The fraction of sp³-hybridized carbons (Fsp3) is 0.143. The zero-order valence-electron chi connectivity index (χ0n) is 11.6. The Morgan fingerprint density at radius 3 is 2.19 bits per heavy atom. The van der Waals surface area contributed by atoms with E-state index in [9.17, 15) is 0 Å². The largest absolute Gasteiger partial charge is 0.496 e. The second-order valence-electron chi connectivity index (χ2n) is 4.27. The van der Waals surface area contributed by atoms with Gasteiger partial charge in [-0.1, -0.05) is 0 Å². The fourth-order valence-electron chi connectivity index (χ4n) is 1.91. The number of methoxy groups -OCH3 is 1. The van der Waals surface area contributed by atoms with Gasteiger partial charge in [-0.15, -0.1) is 20.4 Å². The number of nitrogens with zero attached hydrogens (tertiary/aromatic N) is 6. The standard InChI is InChI=1S/C14H12N6O/c1-9-11(21-2)5-8-16-12(9)14-19-17-13(18-20-14)10-3-6-15-7-4-10/h3-8H,1-2H3. The first-order valence-electron chi connectivity index (χ1n) is 6.27. The first kappa shape index (κ1) is 13.0. The van der Waals surface area contributed by atoms with Crippen molar-refractivity contribution in [3.8, 4) is 28.7 Å². The molecule has 3 aromatic rings. The van der Waals surface area contributed by atoms with Gasteiger partial charge in [0.05, 0.1) is 7.11 Å². The van der Waals surface area contributed by atoms with Crippen LogP contribution in [0.5, 0.6) is 5.75 Å². The van der Waals surface area contributed by atoms with Crippen molar-refractivity contribution < 1.29 is 4.74 Å². The number of hydrogen-bond acceptors (Lipinski definition) is 7. The van der Waals surface area contributed by atoms with E-state index in [0.29, 0.717) is 17.3 Å². The summed E-state index contributed by atoms with van der Waals surface area (Å²) in [6.45, 7) is 1.89. The SMILES string of the molecule is COc1ccnc(-c2nnc(-c3ccncc3)nn2)c1C.